The van der Waals surface area contributed by atoms with Crippen molar-refractivity contribution in [3.05, 3.63) is 12.2 Å². The Morgan fingerprint density at radius 2 is 2.00 bits per heavy atom. The highest BCUT2D eigenvalue weighted by atomic mass is 16.5. The van der Waals surface area contributed by atoms with E-state index < -0.39 is 0 Å². The molecule has 0 aliphatic heterocycles. The zero-order valence-corrected chi connectivity index (χ0v) is 14.1. The third-order valence-corrected chi connectivity index (χ3v) is 5.22. The third kappa shape index (κ3) is 3.46. The number of rotatable bonds is 6. The van der Waals surface area contributed by atoms with Gasteiger partial charge in [-0.2, -0.15) is 5.10 Å². The summed E-state index contributed by atoms with van der Waals surface area (Å²) in [5.41, 5.74) is 0.346. The molecule has 1 aromatic heterocycles. The first-order chi connectivity index (χ1) is 9.96. The topological polar surface area (TPSA) is 52.0 Å². The number of ether oxygens (including phenoxy) is 1. The van der Waals surface area contributed by atoms with Crippen LogP contribution in [0, 0.1) is 5.41 Å². The van der Waals surface area contributed by atoms with Crippen molar-refractivity contribution in [3.8, 4) is 0 Å². The minimum absolute atomic E-state index is 0.0885. The lowest BCUT2D eigenvalue weighted by molar-refractivity contribution is -0.0852. The summed E-state index contributed by atoms with van der Waals surface area (Å²) in [5.74, 6) is 1.04. The maximum absolute atomic E-state index is 6.03. The molecule has 5 heteroatoms. The molecule has 1 aliphatic carbocycles. The normalized spacial score (nSPS) is 22.1. The average Bonchev–Trinajstić information content (AvgIpc) is 2.93. The van der Waals surface area contributed by atoms with E-state index in [0.717, 1.165) is 31.6 Å². The van der Waals surface area contributed by atoms with Crippen LogP contribution in [0.3, 0.4) is 0 Å². The van der Waals surface area contributed by atoms with Gasteiger partial charge in [-0.1, -0.05) is 13.8 Å². The van der Waals surface area contributed by atoms with Crippen LogP contribution >= 0.6 is 0 Å². The minimum Gasteiger partial charge on any atom is -0.377 e. The highest BCUT2D eigenvalue weighted by molar-refractivity contribution is 5.03. The van der Waals surface area contributed by atoms with E-state index in [9.17, 15) is 0 Å². The zero-order valence-electron chi connectivity index (χ0n) is 14.1. The van der Waals surface area contributed by atoms with Crippen molar-refractivity contribution in [2.24, 2.45) is 5.41 Å². The van der Waals surface area contributed by atoms with E-state index in [4.69, 9.17) is 4.74 Å². The van der Waals surface area contributed by atoms with E-state index in [1.807, 2.05) is 18.8 Å². The van der Waals surface area contributed by atoms with Gasteiger partial charge in [0.15, 0.2) is 0 Å². The molecule has 2 rings (SSSR count). The van der Waals surface area contributed by atoms with Crippen LogP contribution in [0.25, 0.3) is 0 Å². The average molecular weight is 294 g/mol. The molecule has 1 heterocycles. The van der Waals surface area contributed by atoms with Crippen LogP contribution in [0.4, 0.5) is 0 Å². The molecule has 0 saturated heterocycles. The van der Waals surface area contributed by atoms with Gasteiger partial charge < -0.3 is 10.1 Å². The van der Waals surface area contributed by atoms with Gasteiger partial charge in [-0.15, -0.1) is 0 Å². The van der Waals surface area contributed by atoms with Crippen LogP contribution < -0.4 is 5.32 Å². The number of hydrogen-bond donors (Lipinski definition) is 1. The smallest absolute Gasteiger partial charge is 0.138 e. The van der Waals surface area contributed by atoms with E-state index >= 15 is 0 Å². The molecule has 120 valence electrons. The summed E-state index contributed by atoms with van der Waals surface area (Å²) in [4.78, 5) is 4.42. The fourth-order valence-electron chi connectivity index (χ4n) is 3.49. The van der Waals surface area contributed by atoms with E-state index in [0.29, 0.717) is 5.41 Å². The maximum Gasteiger partial charge on any atom is 0.138 e. The molecular formula is C16H30N4O. The van der Waals surface area contributed by atoms with Gasteiger partial charge in [-0.25, -0.2) is 4.98 Å². The Morgan fingerprint density at radius 3 is 2.52 bits per heavy atom. The molecule has 0 bridgehead atoms. The van der Waals surface area contributed by atoms with Gasteiger partial charge in [0.25, 0.3) is 0 Å². The maximum atomic E-state index is 6.03. The molecule has 0 radical (unpaired) electrons. The highest BCUT2D eigenvalue weighted by Crippen LogP contribution is 2.43. The van der Waals surface area contributed by atoms with Gasteiger partial charge in [-0.3, -0.25) is 4.68 Å². The fraction of sp³-hybridized carbons (Fsp3) is 0.875. The predicted octanol–water partition coefficient (Wildman–Crippen LogP) is 2.41. The number of hydrogen-bond acceptors (Lipinski definition) is 4. The summed E-state index contributed by atoms with van der Waals surface area (Å²) in [7, 11) is 3.88. The van der Waals surface area contributed by atoms with Crippen LogP contribution in [0.15, 0.2) is 6.33 Å². The lowest BCUT2D eigenvalue weighted by Gasteiger charge is -2.47. The van der Waals surface area contributed by atoms with Gasteiger partial charge >= 0.3 is 0 Å². The van der Waals surface area contributed by atoms with Gasteiger partial charge in [0.2, 0.25) is 0 Å². The molecule has 1 fully saturated rings. The number of nitrogens with zero attached hydrogens (tertiary/aromatic N) is 3. The Balaban J connectivity index is 2.15. The predicted molar refractivity (Wildman–Crippen MR) is 84.2 cm³/mol. The van der Waals surface area contributed by atoms with Crippen LogP contribution in [-0.2, 0) is 17.7 Å². The molecule has 1 aromatic rings. The molecule has 1 atom stereocenters. The molecule has 0 amide bonds. The van der Waals surface area contributed by atoms with Crippen molar-refractivity contribution in [1.82, 2.24) is 20.1 Å². The summed E-state index contributed by atoms with van der Waals surface area (Å²) in [6, 6.07) is 0.271. The van der Waals surface area contributed by atoms with Crippen LogP contribution in [0.5, 0.6) is 0 Å². The fourth-order valence-corrected chi connectivity index (χ4v) is 3.49. The molecule has 1 unspecified atom stereocenters. The number of nitrogens with one attached hydrogen (secondary N) is 1. The lowest BCUT2D eigenvalue weighted by atomic mass is 9.68. The molecule has 0 aromatic carbocycles. The minimum atomic E-state index is -0.0885. The zero-order chi connectivity index (χ0) is 15.5. The van der Waals surface area contributed by atoms with Crippen molar-refractivity contribution < 1.29 is 4.74 Å². The second kappa shape index (κ2) is 6.44. The number of methoxy groups -OCH3 is 1. The standard InChI is InChI=1S/C16H30N4O/c1-6-20-14(18-12-19-20)11-13(17-4)16(21-5)9-7-15(2,3)8-10-16/h12-13,17H,6-11H2,1-5H3. The summed E-state index contributed by atoms with van der Waals surface area (Å²) < 4.78 is 8.00. The Hall–Kier alpha value is -0.940. The first-order valence-corrected chi connectivity index (χ1v) is 8.05. The van der Waals surface area contributed by atoms with Crippen molar-refractivity contribution in [2.45, 2.75) is 71.1 Å². The van der Waals surface area contributed by atoms with Crippen LogP contribution in [0.1, 0.15) is 52.3 Å². The van der Waals surface area contributed by atoms with E-state index in [-0.39, 0.29) is 11.6 Å². The lowest BCUT2D eigenvalue weighted by Crippen LogP contribution is -2.55. The summed E-state index contributed by atoms with van der Waals surface area (Å²) in [5, 5.41) is 7.75. The Kier molecular flexibility index (Phi) is 5.04. The first-order valence-electron chi connectivity index (χ1n) is 8.05. The molecule has 5 nitrogen and oxygen atoms in total. The van der Waals surface area contributed by atoms with Gasteiger partial charge in [0, 0.05) is 26.1 Å². The van der Waals surface area contributed by atoms with Gasteiger partial charge in [-0.05, 0) is 45.1 Å². The van der Waals surface area contributed by atoms with Crippen LogP contribution in [-0.4, -0.2) is 40.6 Å². The summed E-state index contributed by atoms with van der Waals surface area (Å²) >= 11 is 0. The molecular weight excluding hydrogens is 264 g/mol. The number of likely N-dealkylation sites (N-methyl/N-ethyl adjacent to an activating group) is 1. The number of aromatic nitrogens is 3. The SMILES string of the molecule is CCn1ncnc1CC(NC)C1(OC)CCC(C)(C)CC1. The van der Waals surface area contributed by atoms with E-state index in [2.05, 4.69) is 36.2 Å². The Morgan fingerprint density at radius 1 is 1.33 bits per heavy atom. The molecule has 1 saturated carbocycles. The monoisotopic (exact) mass is 294 g/mol. The van der Waals surface area contributed by atoms with Crippen molar-refractivity contribution >= 4 is 0 Å². The van der Waals surface area contributed by atoms with E-state index in [1.165, 1.54) is 12.8 Å². The Bertz CT molecular complexity index is 445. The molecule has 0 spiro atoms. The van der Waals surface area contributed by atoms with Gasteiger partial charge in [0.05, 0.1) is 5.60 Å². The third-order valence-electron chi connectivity index (χ3n) is 5.22. The summed E-state index contributed by atoms with van der Waals surface area (Å²) in [6.45, 7) is 7.67. The van der Waals surface area contributed by atoms with Crippen molar-refractivity contribution in [3.63, 3.8) is 0 Å². The second-order valence-corrected chi connectivity index (χ2v) is 6.97. The van der Waals surface area contributed by atoms with E-state index in [1.54, 1.807) is 6.33 Å². The van der Waals surface area contributed by atoms with Crippen LogP contribution in [0.2, 0.25) is 0 Å². The highest BCUT2D eigenvalue weighted by Gasteiger charge is 2.44. The molecule has 1 N–H and O–H groups in total. The first kappa shape index (κ1) is 16.4. The quantitative estimate of drug-likeness (QED) is 0.875. The van der Waals surface area contributed by atoms with Crippen molar-refractivity contribution in [2.75, 3.05) is 14.2 Å². The number of aryl methyl sites for hydroxylation is 1. The Labute approximate surface area is 128 Å². The summed E-state index contributed by atoms with van der Waals surface area (Å²) in [6.07, 6.45) is 7.12. The largest absolute Gasteiger partial charge is 0.377 e. The van der Waals surface area contributed by atoms with Crippen molar-refractivity contribution in [1.29, 1.82) is 0 Å². The molecule has 1 aliphatic rings. The second-order valence-electron chi connectivity index (χ2n) is 6.97. The van der Waals surface area contributed by atoms with Gasteiger partial charge in [0.1, 0.15) is 12.2 Å². The molecule has 21 heavy (non-hydrogen) atoms.